The standard InChI is InChI=1S/C26H25N3O3S2/c1-17-10-11-21-22(14-27)26(34-23(21)12-17)29-25(31)16-33-20-9-5-6-18(13-20)28-24(30)15-32-19-7-3-2-4-8-19/h2-9,13,17H,10-12,15-16H2,1H3,(H,28,30)(H,29,31). The molecule has 34 heavy (non-hydrogen) atoms. The summed E-state index contributed by atoms with van der Waals surface area (Å²) in [5.74, 6) is 1.03. The first kappa shape index (κ1) is 23.9. The molecule has 4 rings (SSSR count). The van der Waals surface area contributed by atoms with Gasteiger partial charge in [0.05, 0.1) is 11.3 Å². The van der Waals surface area contributed by atoms with E-state index in [4.69, 9.17) is 4.74 Å². The van der Waals surface area contributed by atoms with Crippen LogP contribution in [-0.2, 0) is 22.4 Å². The van der Waals surface area contributed by atoms with Gasteiger partial charge in [0.2, 0.25) is 5.91 Å². The number of nitrogens with one attached hydrogen (secondary N) is 2. The average Bonchev–Trinajstić information content (AvgIpc) is 3.18. The second kappa shape index (κ2) is 11.2. The van der Waals surface area contributed by atoms with Gasteiger partial charge in [0.25, 0.3) is 5.91 Å². The lowest BCUT2D eigenvalue weighted by Crippen LogP contribution is -2.20. The number of amides is 2. The van der Waals surface area contributed by atoms with Crippen molar-refractivity contribution in [2.75, 3.05) is 23.0 Å². The van der Waals surface area contributed by atoms with E-state index in [1.54, 1.807) is 18.2 Å². The van der Waals surface area contributed by atoms with Gasteiger partial charge in [-0.15, -0.1) is 23.1 Å². The number of hydrogen-bond donors (Lipinski definition) is 2. The van der Waals surface area contributed by atoms with Crippen LogP contribution in [0.5, 0.6) is 5.75 Å². The molecule has 0 radical (unpaired) electrons. The number of para-hydroxylation sites is 1. The molecule has 0 aliphatic heterocycles. The topological polar surface area (TPSA) is 91.2 Å². The van der Waals surface area contributed by atoms with Crippen LogP contribution in [0.2, 0.25) is 0 Å². The van der Waals surface area contributed by atoms with Gasteiger partial charge in [-0.05, 0) is 61.1 Å². The number of carbonyl (C=O) groups excluding carboxylic acids is 2. The summed E-state index contributed by atoms with van der Waals surface area (Å²) in [5.41, 5.74) is 2.36. The van der Waals surface area contributed by atoms with E-state index in [1.807, 2.05) is 36.4 Å². The van der Waals surface area contributed by atoms with E-state index in [9.17, 15) is 14.9 Å². The number of nitriles is 1. The zero-order chi connectivity index (χ0) is 23.9. The summed E-state index contributed by atoms with van der Waals surface area (Å²) in [6, 6.07) is 18.8. The molecule has 2 amide bonds. The number of thioether (sulfide) groups is 1. The summed E-state index contributed by atoms with van der Waals surface area (Å²) in [6.07, 6.45) is 2.94. The Morgan fingerprint density at radius 2 is 1.97 bits per heavy atom. The molecule has 1 aliphatic carbocycles. The molecule has 6 nitrogen and oxygen atoms in total. The number of hydrogen-bond acceptors (Lipinski definition) is 6. The Hall–Kier alpha value is -3.28. The molecule has 0 spiro atoms. The Bertz CT molecular complexity index is 1220. The lowest BCUT2D eigenvalue weighted by molar-refractivity contribution is -0.118. The maximum atomic E-state index is 12.6. The van der Waals surface area contributed by atoms with Crippen molar-refractivity contribution in [3.05, 3.63) is 70.6 Å². The van der Waals surface area contributed by atoms with Crippen LogP contribution in [0.25, 0.3) is 0 Å². The average molecular weight is 492 g/mol. The molecule has 1 unspecified atom stereocenters. The van der Waals surface area contributed by atoms with Gasteiger partial charge in [-0.3, -0.25) is 9.59 Å². The number of benzene rings is 2. The summed E-state index contributed by atoms with van der Waals surface area (Å²) < 4.78 is 5.47. The minimum absolute atomic E-state index is 0.0887. The van der Waals surface area contributed by atoms with Crippen molar-refractivity contribution < 1.29 is 14.3 Å². The summed E-state index contributed by atoms with van der Waals surface area (Å²) in [7, 11) is 0. The van der Waals surface area contributed by atoms with Crippen LogP contribution < -0.4 is 15.4 Å². The third kappa shape index (κ3) is 6.19. The predicted octanol–water partition coefficient (Wildman–Crippen LogP) is 5.49. The highest BCUT2D eigenvalue weighted by atomic mass is 32.2. The number of ether oxygens (including phenoxy) is 1. The van der Waals surface area contributed by atoms with Gasteiger partial charge in [0, 0.05) is 15.5 Å². The fourth-order valence-corrected chi connectivity index (χ4v) is 5.93. The van der Waals surface area contributed by atoms with Gasteiger partial charge in [0.15, 0.2) is 6.61 Å². The number of rotatable bonds is 8. The lowest BCUT2D eigenvalue weighted by atomic mass is 9.89. The Morgan fingerprint density at radius 3 is 2.76 bits per heavy atom. The van der Waals surface area contributed by atoms with E-state index in [2.05, 4.69) is 23.6 Å². The van der Waals surface area contributed by atoms with Crippen LogP contribution in [0.15, 0.2) is 59.5 Å². The Kier molecular flexibility index (Phi) is 7.88. The molecule has 2 aromatic carbocycles. The summed E-state index contributed by atoms with van der Waals surface area (Å²) in [4.78, 5) is 26.9. The molecule has 1 atom stereocenters. The van der Waals surface area contributed by atoms with Crippen LogP contribution in [0, 0.1) is 17.2 Å². The molecule has 2 N–H and O–H groups in total. The Morgan fingerprint density at radius 1 is 1.15 bits per heavy atom. The van der Waals surface area contributed by atoms with Gasteiger partial charge < -0.3 is 15.4 Å². The second-order valence-electron chi connectivity index (χ2n) is 8.18. The second-order valence-corrected chi connectivity index (χ2v) is 10.3. The fourth-order valence-electron chi connectivity index (χ4n) is 3.80. The van der Waals surface area contributed by atoms with E-state index < -0.39 is 0 Å². The number of anilines is 2. The van der Waals surface area contributed by atoms with Crippen LogP contribution >= 0.6 is 23.1 Å². The SMILES string of the molecule is CC1CCc2c(sc(NC(=O)CSc3cccc(NC(=O)COc4ccccc4)c3)c2C#N)C1. The third-order valence-electron chi connectivity index (χ3n) is 5.48. The first-order valence-electron chi connectivity index (χ1n) is 11.1. The Balaban J connectivity index is 1.29. The van der Waals surface area contributed by atoms with Gasteiger partial charge in [-0.25, -0.2) is 0 Å². The maximum Gasteiger partial charge on any atom is 0.262 e. The highest BCUT2D eigenvalue weighted by molar-refractivity contribution is 8.00. The third-order valence-corrected chi connectivity index (χ3v) is 7.64. The molecule has 174 valence electrons. The van der Waals surface area contributed by atoms with E-state index in [0.717, 1.165) is 29.7 Å². The molecule has 1 aromatic heterocycles. The predicted molar refractivity (Wildman–Crippen MR) is 137 cm³/mol. The first-order valence-corrected chi connectivity index (χ1v) is 12.9. The fraction of sp³-hybridized carbons (Fsp3) is 0.269. The summed E-state index contributed by atoms with van der Waals surface area (Å²) in [6.45, 7) is 2.13. The van der Waals surface area contributed by atoms with E-state index in [0.29, 0.717) is 27.9 Å². The van der Waals surface area contributed by atoms with Gasteiger partial charge in [-0.1, -0.05) is 31.2 Å². The van der Waals surface area contributed by atoms with Crippen LogP contribution in [0.4, 0.5) is 10.7 Å². The monoisotopic (exact) mass is 491 g/mol. The number of thiophene rings is 1. The van der Waals surface area contributed by atoms with Gasteiger partial charge in [0.1, 0.15) is 16.8 Å². The largest absolute Gasteiger partial charge is 0.484 e. The minimum atomic E-state index is -0.260. The van der Waals surface area contributed by atoms with Gasteiger partial charge >= 0.3 is 0 Å². The highest BCUT2D eigenvalue weighted by Gasteiger charge is 2.24. The van der Waals surface area contributed by atoms with Crippen molar-refractivity contribution in [2.45, 2.75) is 31.1 Å². The first-order chi connectivity index (χ1) is 16.5. The smallest absolute Gasteiger partial charge is 0.262 e. The molecule has 0 saturated carbocycles. The molecular weight excluding hydrogens is 466 g/mol. The molecule has 0 saturated heterocycles. The van der Waals surface area contributed by atoms with Crippen molar-refractivity contribution in [3.63, 3.8) is 0 Å². The molecular formula is C26H25N3O3S2. The van der Waals surface area contributed by atoms with Crippen molar-refractivity contribution in [1.82, 2.24) is 0 Å². The van der Waals surface area contributed by atoms with Crippen LogP contribution in [0.3, 0.4) is 0 Å². The van der Waals surface area contributed by atoms with Crippen molar-refractivity contribution in [2.24, 2.45) is 5.92 Å². The van der Waals surface area contributed by atoms with Crippen LogP contribution in [-0.4, -0.2) is 24.2 Å². The zero-order valence-electron chi connectivity index (χ0n) is 18.8. The molecule has 0 fully saturated rings. The number of carbonyl (C=O) groups is 2. The molecule has 1 aliphatic rings. The Labute approximate surface area is 207 Å². The van der Waals surface area contributed by atoms with E-state index in [1.165, 1.54) is 28.0 Å². The van der Waals surface area contributed by atoms with Crippen molar-refractivity contribution in [3.8, 4) is 11.8 Å². The van der Waals surface area contributed by atoms with Crippen molar-refractivity contribution >= 4 is 45.6 Å². The molecule has 3 aromatic rings. The minimum Gasteiger partial charge on any atom is -0.484 e. The molecule has 1 heterocycles. The summed E-state index contributed by atoms with van der Waals surface area (Å²) >= 11 is 2.90. The van der Waals surface area contributed by atoms with Gasteiger partial charge in [-0.2, -0.15) is 5.26 Å². The van der Waals surface area contributed by atoms with E-state index >= 15 is 0 Å². The highest BCUT2D eigenvalue weighted by Crippen LogP contribution is 2.39. The summed E-state index contributed by atoms with van der Waals surface area (Å²) in [5, 5.41) is 16.0. The molecule has 0 bridgehead atoms. The number of fused-ring (bicyclic) bond motifs is 1. The quantitative estimate of drug-likeness (QED) is 0.407. The molecule has 8 heteroatoms. The van der Waals surface area contributed by atoms with E-state index in [-0.39, 0.29) is 24.2 Å². The zero-order valence-corrected chi connectivity index (χ0v) is 20.4. The normalized spacial score (nSPS) is 14.5. The lowest BCUT2D eigenvalue weighted by Gasteiger charge is -2.17. The van der Waals surface area contributed by atoms with Crippen LogP contribution in [0.1, 0.15) is 29.3 Å². The number of nitrogens with zero attached hydrogens (tertiary/aromatic N) is 1. The van der Waals surface area contributed by atoms with Crippen molar-refractivity contribution in [1.29, 1.82) is 5.26 Å². The maximum absolute atomic E-state index is 12.6.